The number of nitrogens with two attached hydrogens (primary N) is 1. The second-order valence-electron chi connectivity index (χ2n) is 8.06. The minimum absolute atomic E-state index is 0.126. The molecule has 1 aliphatic heterocycles. The summed E-state index contributed by atoms with van der Waals surface area (Å²) in [5.74, 6) is 1.23. The summed E-state index contributed by atoms with van der Waals surface area (Å²) in [5, 5.41) is 8.36. The Morgan fingerprint density at radius 1 is 1.20 bits per heavy atom. The molecule has 3 heterocycles. The van der Waals surface area contributed by atoms with Crippen molar-refractivity contribution in [2.24, 2.45) is 5.73 Å². The lowest BCUT2D eigenvalue weighted by Gasteiger charge is -2.24. The van der Waals surface area contributed by atoms with E-state index in [9.17, 15) is 9.59 Å². The number of aryl methyl sites for hydroxylation is 1. The molecular formula is C24H23N5O5S. The molecule has 2 aromatic carbocycles. The van der Waals surface area contributed by atoms with Gasteiger partial charge in [0.1, 0.15) is 11.6 Å². The van der Waals surface area contributed by atoms with Crippen LogP contribution in [0.15, 0.2) is 36.4 Å². The van der Waals surface area contributed by atoms with Gasteiger partial charge in [0.05, 0.1) is 30.1 Å². The minimum Gasteiger partial charge on any atom is -0.497 e. The molecule has 35 heavy (non-hydrogen) atoms. The molecule has 10 nitrogen and oxygen atoms in total. The first-order valence-corrected chi connectivity index (χ1v) is 11.6. The predicted molar refractivity (Wildman–Crippen MR) is 131 cm³/mol. The van der Waals surface area contributed by atoms with E-state index in [2.05, 4.69) is 5.32 Å². The van der Waals surface area contributed by atoms with Crippen molar-refractivity contribution < 1.29 is 23.8 Å². The number of nitrogens with one attached hydrogen (secondary N) is 1. The number of carbonyl (C=O) groups is 2. The molecule has 5 rings (SSSR count). The van der Waals surface area contributed by atoms with Gasteiger partial charge in [-0.2, -0.15) is 9.78 Å². The summed E-state index contributed by atoms with van der Waals surface area (Å²) >= 11 is 1.46. The Balaban J connectivity index is 1.56. The number of aromatic nitrogens is 3. The number of carbonyl (C=O) groups excluding carboxylic acids is 2. The maximum Gasteiger partial charge on any atom is 0.255 e. The average Bonchev–Trinajstić information content (AvgIpc) is 3.42. The number of hydrogen-bond acceptors (Lipinski definition) is 8. The monoisotopic (exact) mass is 493 g/mol. The molecule has 2 aromatic heterocycles. The van der Waals surface area contributed by atoms with Gasteiger partial charge in [-0.15, -0.1) is 0 Å². The number of thiazole rings is 1. The number of anilines is 1. The van der Waals surface area contributed by atoms with Crippen molar-refractivity contribution in [3.8, 4) is 22.4 Å². The smallest absolute Gasteiger partial charge is 0.255 e. The third-order valence-corrected chi connectivity index (χ3v) is 6.82. The lowest BCUT2D eigenvalue weighted by molar-refractivity contribution is -0.120. The van der Waals surface area contributed by atoms with E-state index >= 15 is 0 Å². The molecular weight excluding hydrogens is 470 g/mol. The fraction of sp³-hybridized carbons (Fsp3) is 0.250. The summed E-state index contributed by atoms with van der Waals surface area (Å²) in [6.07, 6.45) is 0.251. The van der Waals surface area contributed by atoms with Crippen LogP contribution in [0, 0.1) is 6.92 Å². The second-order valence-corrected chi connectivity index (χ2v) is 9.07. The van der Waals surface area contributed by atoms with Crippen LogP contribution >= 0.6 is 11.3 Å². The van der Waals surface area contributed by atoms with Crippen LogP contribution in [0.3, 0.4) is 0 Å². The molecule has 0 saturated heterocycles. The minimum atomic E-state index is -0.582. The normalized spacial score (nSPS) is 14.9. The Morgan fingerprint density at radius 3 is 2.77 bits per heavy atom. The lowest BCUT2D eigenvalue weighted by Crippen LogP contribution is -2.25. The Morgan fingerprint density at radius 2 is 2.03 bits per heavy atom. The SMILES string of the molecule is COc1ccc2nc(-n3nc(C)c4c3NC(=O)CC4c3ccc(OCC(N)=O)c(OC)c3)sc2c1. The molecule has 0 radical (unpaired) electrons. The number of ether oxygens (including phenoxy) is 3. The Kier molecular flexibility index (Phi) is 5.77. The Bertz CT molecular complexity index is 1460. The summed E-state index contributed by atoms with van der Waals surface area (Å²) in [6, 6.07) is 11.1. The quantitative estimate of drug-likeness (QED) is 0.404. The van der Waals surface area contributed by atoms with Crippen molar-refractivity contribution in [2.45, 2.75) is 19.3 Å². The van der Waals surface area contributed by atoms with Crippen LogP contribution in [-0.2, 0) is 9.59 Å². The molecule has 0 aliphatic carbocycles. The zero-order chi connectivity index (χ0) is 24.7. The fourth-order valence-corrected chi connectivity index (χ4v) is 5.20. The van der Waals surface area contributed by atoms with Gasteiger partial charge in [0.15, 0.2) is 18.1 Å². The summed E-state index contributed by atoms with van der Waals surface area (Å²) in [4.78, 5) is 28.6. The zero-order valence-electron chi connectivity index (χ0n) is 19.3. The van der Waals surface area contributed by atoms with E-state index in [0.29, 0.717) is 22.4 Å². The molecule has 1 unspecified atom stereocenters. The van der Waals surface area contributed by atoms with E-state index in [0.717, 1.165) is 32.8 Å². The highest BCUT2D eigenvalue weighted by Crippen LogP contribution is 2.43. The third-order valence-electron chi connectivity index (χ3n) is 5.83. The summed E-state index contributed by atoms with van der Waals surface area (Å²) < 4.78 is 18.9. The molecule has 1 aliphatic rings. The van der Waals surface area contributed by atoms with Crippen molar-refractivity contribution >= 4 is 39.2 Å². The summed E-state index contributed by atoms with van der Waals surface area (Å²) in [5.41, 5.74) is 8.57. The van der Waals surface area contributed by atoms with Crippen molar-refractivity contribution in [1.29, 1.82) is 0 Å². The van der Waals surface area contributed by atoms with Crippen LogP contribution in [0.5, 0.6) is 17.2 Å². The van der Waals surface area contributed by atoms with Crippen LogP contribution in [0.1, 0.15) is 29.2 Å². The van der Waals surface area contributed by atoms with Gasteiger partial charge in [0.2, 0.25) is 11.0 Å². The van der Waals surface area contributed by atoms with Gasteiger partial charge in [-0.05, 0) is 42.8 Å². The first kappa shape index (κ1) is 22.7. The van der Waals surface area contributed by atoms with Crippen molar-refractivity contribution in [1.82, 2.24) is 14.8 Å². The molecule has 0 saturated carbocycles. The third kappa shape index (κ3) is 4.14. The molecule has 3 N–H and O–H groups in total. The molecule has 0 bridgehead atoms. The molecule has 1 atom stereocenters. The van der Waals surface area contributed by atoms with E-state index in [1.54, 1.807) is 17.9 Å². The van der Waals surface area contributed by atoms with E-state index in [1.165, 1.54) is 18.4 Å². The van der Waals surface area contributed by atoms with Crippen LogP contribution in [0.4, 0.5) is 5.82 Å². The second kappa shape index (κ2) is 8.91. The lowest BCUT2D eigenvalue weighted by atomic mass is 9.85. The van der Waals surface area contributed by atoms with Gasteiger partial charge in [-0.1, -0.05) is 17.4 Å². The highest BCUT2D eigenvalue weighted by atomic mass is 32.1. The van der Waals surface area contributed by atoms with E-state index in [4.69, 9.17) is 30.0 Å². The van der Waals surface area contributed by atoms with E-state index < -0.39 is 5.91 Å². The zero-order valence-corrected chi connectivity index (χ0v) is 20.1. The molecule has 2 amide bonds. The van der Waals surface area contributed by atoms with Gasteiger partial charge in [-0.3, -0.25) is 9.59 Å². The van der Waals surface area contributed by atoms with Crippen molar-refractivity contribution in [3.63, 3.8) is 0 Å². The van der Waals surface area contributed by atoms with Gasteiger partial charge in [-0.25, -0.2) is 4.98 Å². The first-order valence-electron chi connectivity index (χ1n) is 10.8. The number of hydrogen-bond donors (Lipinski definition) is 2. The summed E-state index contributed by atoms with van der Waals surface area (Å²) in [6.45, 7) is 1.66. The maximum absolute atomic E-state index is 12.8. The van der Waals surface area contributed by atoms with Crippen molar-refractivity contribution in [2.75, 3.05) is 26.1 Å². The standard InChI is InChI=1S/C24H23N5O5S/c1-12-22-15(13-4-7-17(18(8-13)33-3)34-11-20(25)30)10-21(31)27-23(22)29(28-12)24-26-16-6-5-14(32-2)9-19(16)35-24/h4-9,15H,10-11H2,1-3H3,(H2,25,30)(H,27,31). The largest absolute Gasteiger partial charge is 0.497 e. The van der Waals surface area contributed by atoms with Crippen LogP contribution in [0.25, 0.3) is 15.3 Å². The van der Waals surface area contributed by atoms with Crippen LogP contribution < -0.4 is 25.3 Å². The summed E-state index contributed by atoms with van der Waals surface area (Å²) in [7, 11) is 3.14. The van der Waals surface area contributed by atoms with Gasteiger partial charge >= 0.3 is 0 Å². The van der Waals surface area contributed by atoms with Gasteiger partial charge in [0.25, 0.3) is 5.91 Å². The van der Waals surface area contributed by atoms with Crippen LogP contribution in [-0.4, -0.2) is 47.4 Å². The predicted octanol–water partition coefficient (Wildman–Crippen LogP) is 3.15. The van der Waals surface area contributed by atoms with Gasteiger partial charge < -0.3 is 25.3 Å². The molecule has 0 spiro atoms. The number of amides is 2. The number of benzene rings is 2. The Labute approximate surface area is 204 Å². The van der Waals surface area contributed by atoms with E-state index in [1.807, 2.05) is 37.3 Å². The highest BCUT2D eigenvalue weighted by Gasteiger charge is 2.33. The van der Waals surface area contributed by atoms with E-state index in [-0.39, 0.29) is 24.9 Å². The highest BCUT2D eigenvalue weighted by molar-refractivity contribution is 7.20. The van der Waals surface area contributed by atoms with Crippen LogP contribution in [0.2, 0.25) is 0 Å². The number of fused-ring (bicyclic) bond motifs is 2. The fourth-order valence-electron chi connectivity index (χ4n) is 4.25. The Hall–Kier alpha value is -4.12. The molecule has 11 heteroatoms. The topological polar surface area (TPSA) is 131 Å². The number of nitrogens with zero attached hydrogens (tertiary/aromatic N) is 3. The maximum atomic E-state index is 12.8. The number of primary amides is 1. The molecule has 180 valence electrons. The van der Waals surface area contributed by atoms with Gasteiger partial charge in [0, 0.05) is 17.9 Å². The number of rotatable bonds is 7. The number of methoxy groups -OCH3 is 2. The molecule has 4 aromatic rings. The average molecular weight is 494 g/mol. The molecule has 0 fully saturated rings. The first-order chi connectivity index (χ1) is 16.9. The van der Waals surface area contributed by atoms with Crippen molar-refractivity contribution in [3.05, 3.63) is 53.2 Å².